The van der Waals surface area contributed by atoms with Crippen LogP contribution in [0, 0.1) is 11.3 Å². The molecule has 7 heteroatoms. The molecule has 0 spiro atoms. The highest BCUT2D eigenvalue weighted by Crippen LogP contribution is 2.56. The summed E-state index contributed by atoms with van der Waals surface area (Å²) in [7, 11) is -3.98. The van der Waals surface area contributed by atoms with Gasteiger partial charge < -0.3 is 8.85 Å². The fraction of sp³-hybridized carbons (Fsp3) is 0.786. The third-order valence-corrected chi connectivity index (χ3v) is 22.0. The quantitative estimate of drug-likeness (QED) is 0.108. The third kappa shape index (κ3) is 9.80. The summed E-state index contributed by atoms with van der Waals surface area (Å²) < 4.78 is 14.2. The molecule has 0 N–H and O–H groups in total. The van der Waals surface area contributed by atoms with E-state index in [1.54, 1.807) is 12.0 Å². The first-order chi connectivity index (χ1) is 22.5. The monoisotopic (exact) mass is 714 g/mol. The molecule has 2 fully saturated rings. The average Bonchev–Trinajstić information content (AvgIpc) is 3.32. The second-order valence-corrected chi connectivity index (χ2v) is 28.3. The van der Waals surface area contributed by atoms with E-state index in [2.05, 4.69) is 120 Å². The van der Waals surface area contributed by atoms with Gasteiger partial charge >= 0.3 is 0 Å². The topological polar surface area (TPSA) is 48.0 Å². The summed E-state index contributed by atoms with van der Waals surface area (Å²) in [6.07, 6.45) is 17.5. The number of carbonyl (C=O) groups is 1. The number of hydrogen-bond donors (Lipinski definition) is 0. The van der Waals surface area contributed by atoms with E-state index in [1.807, 2.05) is 0 Å². The van der Waals surface area contributed by atoms with Crippen molar-refractivity contribution in [1.29, 1.82) is 0 Å². The number of fused-ring (bicyclic) bond motifs is 1. The Morgan fingerprint density at radius 3 is 2.12 bits per heavy atom. The van der Waals surface area contributed by atoms with Crippen molar-refractivity contribution >= 4 is 22.5 Å². The van der Waals surface area contributed by atoms with Gasteiger partial charge in [0.2, 0.25) is 5.91 Å². The van der Waals surface area contributed by atoms with Crippen molar-refractivity contribution in [3.8, 4) is 0 Å². The Labute approximate surface area is 304 Å². The number of nitrogens with zero attached hydrogens (tertiary/aromatic N) is 1. The Hall–Kier alpha value is -1.26. The van der Waals surface area contributed by atoms with Crippen LogP contribution in [0.1, 0.15) is 140 Å². The first-order valence-electron chi connectivity index (χ1n) is 19.6. The highest BCUT2D eigenvalue weighted by molar-refractivity contribution is 6.74. The highest BCUT2D eigenvalue weighted by Gasteiger charge is 2.48. The Balaban J connectivity index is 1.90. The van der Waals surface area contributed by atoms with E-state index < -0.39 is 16.6 Å². The second-order valence-electron chi connectivity index (χ2n) is 18.8. The molecule has 0 aromatic rings. The van der Waals surface area contributed by atoms with Gasteiger partial charge in [0.05, 0.1) is 18.2 Å². The van der Waals surface area contributed by atoms with Crippen molar-refractivity contribution < 1.29 is 18.5 Å². The molecular formula is C42H75NO4Si2. The van der Waals surface area contributed by atoms with Crippen LogP contribution in [-0.4, -0.2) is 52.0 Å². The fourth-order valence-corrected chi connectivity index (χ4v) is 10.6. The molecule has 0 heterocycles. The molecule has 0 aromatic carbocycles. The van der Waals surface area contributed by atoms with Crippen molar-refractivity contribution in [1.82, 2.24) is 5.06 Å². The molecule has 2 saturated carbocycles. The predicted molar refractivity (Wildman–Crippen MR) is 213 cm³/mol. The number of rotatable bonds is 13. The molecule has 1 amide bonds. The Morgan fingerprint density at radius 2 is 1.59 bits per heavy atom. The molecule has 2 unspecified atom stereocenters. The number of amides is 1. The number of allylic oxidation sites excluding steroid dienone is 4. The van der Waals surface area contributed by atoms with Crippen molar-refractivity contribution in [3.63, 3.8) is 0 Å². The molecule has 0 aromatic heterocycles. The smallest absolute Gasteiger partial charge is 0.243 e. The minimum Gasteiger partial charge on any atom is -0.413 e. The minimum atomic E-state index is -2.02. The predicted octanol–water partition coefficient (Wildman–Crippen LogP) is 12.2. The van der Waals surface area contributed by atoms with Gasteiger partial charge in [-0.15, -0.1) is 0 Å². The Kier molecular flexibility index (Phi) is 13.9. The van der Waals surface area contributed by atoms with Crippen LogP contribution >= 0.6 is 0 Å². The summed E-state index contributed by atoms with van der Waals surface area (Å²) in [5.41, 5.74) is 5.35. The van der Waals surface area contributed by atoms with Gasteiger partial charge in [-0.1, -0.05) is 106 Å². The van der Waals surface area contributed by atoms with Gasteiger partial charge in [0.15, 0.2) is 16.6 Å². The van der Waals surface area contributed by atoms with Crippen LogP contribution in [0.3, 0.4) is 0 Å². The van der Waals surface area contributed by atoms with E-state index in [0.717, 1.165) is 69.8 Å². The van der Waals surface area contributed by atoms with Gasteiger partial charge in [0, 0.05) is 13.3 Å². The maximum absolute atomic E-state index is 12.8. The van der Waals surface area contributed by atoms with Crippen LogP contribution in [0.2, 0.25) is 36.3 Å². The fourth-order valence-electron chi connectivity index (χ4n) is 7.94. The summed E-state index contributed by atoms with van der Waals surface area (Å²) in [6.45, 7) is 38.7. The lowest BCUT2D eigenvalue weighted by Crippen LogP contribution is -2.49. The molecule has 0 bridgehead atoms. The van der Waals surface area contributed by atoms with Crippen LogP contribution in [0.4, 0.5) is 0 Å². The first kappa shape index (κ1) is 42.2. The Morgan fingerprint density at radius 1 is 1.02 bits per heavy atom. The van der Waals surface area contributed by atoms with Gasteiger partial charge in [-0.2, -0.15) is 0 Å². The van der Waals surface area contributed by atoms with Gasteiger partial charge in [-0.05, 0) is 116 Å². The van der Waals surface area contributed by atoms with Crippen molar-refractivity contribution in [2.75, 3.05) is 0 Å². The van der Waals surface area contributed by atoms with E-state index in [1.165, 1.54) is 16.7 Å². The molecule has 280 valence electrons. The molecule has 3 rings (SSSR count). The minimum absolute atomic E-state index is 0.00860. The van der Waals surface area contributed by atoms with Crippen LogP contribution in [-0.2, 0) is 18.5 Å². The lowest BCUT2D eigenvalue weighted by Gasteiger charge is -2.45. The highest BCUT2D eigenvalue weighted by atomic mass is 28.4. The number of carbonyl (C=O) groups excluding carboxylic acids is 1. The van der Waals surface area contributed by atoms with Gasteiger partial charge in [-0.3, -0.25) is 9.63 Å². The molecule has 5 nitrogen and oxygen atoms in total. The van der Waals surface area contributed by atoms with Crippen LogP contribution in [0.5, 0.6) is 0 Å². The van der Waals surface area contributed by atoms with Crippen molar-refractivity contribution in [2.45, 2.75) is 201 Å². The second kappa shape index (κ2) is 16.2. The van der Waals surface area contributed by atoms with E-state index in [4.69, 9.17) is 13.7 Å². The first-order valence-corrected chi connectivity index (χ1v) is 25.4. The maximum Gasteiger partial charge on any atom is 0.243 e. The van der Waals surface area contributed by atoms with Gasteiger partial charge in [0.1, 0.15) is 6.10 Å². The summed E-state index contributed by atoms with van der Waals surface area (Å²) in [5, 5.41) is 1.98. The number of hydroxylamine groups is 2. The van der Waals surface area contributed by atoms with E-state index in [0.29, 0.717) is 5.92 Å². The van der Waals surface area contributed by atoms with Gasteiger partial charge in [-0.25, -0.2) is 5.06 Å². The SMILES string of the molecule is C=C1C(=CC=C2CCC[C@]3(C)C([C@H](C)ON(C(C)=O)C(CCC)CCC)=CCC23)CC(O[Si](C)(C)C(C)(C)C)C[C@@H]1O[Si](C)(C)C(C)(C)C. The van der Waals surface area contributed by atoms with E-state index in [-0.39, 0.29) is 45.8 Å². The summed E-state index contributed by atoms with van der Waals surface area (Å²) in [5.74, 6) is 0.455. The van der Waals surface area contributed by atoms with Gasteiger partial charge in [0.25, 0.3) is 0 Å². The lowest BCUT2D eigenvalue weighted by atomic mass is 9.63. The number of hydrogen-bond acceptors (Lipinski definition) is 4. The summed E-state index contributed by atoms with van der Waals surface area (Å²) >= 11 is 0. The van der Waals surface area contributed by atoms with Crippen LogP contribution in [0.25, 0.3) is 0 Å². The molecule has 0 aliphatic heterocycles. The third-order valence-electron chi connectivity index (χ3n) is 12.9. The average molecular weight is 714 g/mol. The van der Waals surface area contributed by atoms with Crippen LogP contribution < -0.4 is 0 Å². The Bertz CT molecular complexity index is 1260. The maximum atomic E-state index is 12.8. The van der Waals surface area contributed by atoms with E-state index in [9.17, 15) is 4.79 Å². The molecule has 3 aliphatic rings. The standard InChI is InChI=1S/C42H75NO4Si2/c1-17-20-35(21-18-2)43(32(5)44)45-31(4)37-25-26-38-33(22-19-27-42(37,38)12)23-24-34-28-36(46-48(13,14)40(6,7)8)29-39(30(34)3)47-49(15,16)41(9,10)11/h23-25,31,35-36,38-39H,3,17-22,26-29H2,1-2,4-16H3/t31-,36?,38?,39-,42+/m0/s1. The lowest BCUT2D eigenvalue weighted by molar-refractivity contribution is -0.214. The zero-order valence-electron chi connectivity index (χ0n) is 34.5. The van der Waals surface area contributed by atoms with Crippen LogP contribution in [0.15, 0.2) is 47.1 Å². The zero-order chi connectivity index (χ0) is 37.2. The molecule has 49 heavy (non-hydrogen) atoms. The summed E-state index contributed by atoms with van der Waals surface area (Å²) in [6, 6.07) is 0.131. The molecule has 0 radical (unpaired) electrons. The summed E-state index contributed by atoms with van der Waals surface area (Å²) in [4.78, 5) is 19.4. The van der Waals surface area contributed by atoms with Crippen molar-refractivity contribution in [2.24, 2.45) is 11.3 Å². The van der Waals surface area contributed by atoms with Crippen molar-refractivity contribution in [3.05, 3.63) is 47.1 Å². The largest absolute Gasteiger partial charge is 0.413 e. The normalized spacial score (nSPS) is 27.9. The molecule has 5 atom stereocenters. The molecule has 3 aliphatic carbocycles. The zero-order valence-corrected chi connectivity index (χ0v) is 36.5. The van der Waals surface area contributed by atoms with E-state index >= 15 is 0 Å². The molecular weight excluding hydrogens is 639 g/mol. The molecule has 0 saturated heterocycles.